The minimum atomic E-state index is -0.566. The summed E-state index contributed by atoms with van der Waals surface area (Å²) in [5, 5.41) is 10.7. The van der Waals surface area contributed by atoms with Crippen molar-refractivity contribution in [2.45, 2.75) is 12.5 Å². The maximum atomic E-state index is 10.2. The van der Waals surface area contributed by atoms with Gasteiger partial charge in [-0.3, -0.25) is 0 Å². The maximum Gasteiger partial charge on any atom is 0.137 e. The molecule has 0 amide bonds. The first-order chi connectivity index (χ1) is 9.10. The summed E-state index contributed by atoms with van der Waals surface area (Å²) >= 11 is 8.32. The zero-order valence-electron chi connectivity index (χ0n) is 10.4. The Balaban J connectivity index is 2.13. The highest BCUT2D eigenvalue weighted by molar-refractivity contribution is 14.1. The largest absolute Gasteiger partial charge is 0.495 e. The first-order valence-electron chi connectivity index (χ1n) is 5.86. The Morgan fingerprint density at radius 2 is 1.89 bits per heavy atom. The van der Waals surface area contributed by atoms with Crippen LogP contribution in [-0.4, -0.2) is 12.2 Å². The molecule has 1 atom stereocenters. The molecule has 4 heteroatoms. The Labute approximate surface area is 131 Å². The summed E-state index contributed by atoms with van der Waals surface area (Å²) in [4.78, 5) is 0. The van der Waals surface area contributed by atoms with E-state index < -0.39 is 6.10 Å². The van der Waals surface area contributed by atoms with Crippen molar-refractivity contribution in [2.75, 3.05) is 7.11 Å². The van der Waals surface area contributed by atoms with Gasteiger partial charge in [0.05, 0.1) is 18.2 Å². The second-order valence-corrected chi connectivity index (χ2v) is 5.89. The fourth-order valence-electron chi connectivity index (χ4n) is 1.85. The number of ether oxygens (including phenoxy) is 1. The topological polar surface area (TPSA) is 29.5 Å². The third-order valence-corrected chi connectivity index (χ3v) is 3.92. The molecule has 2 nitrogen and oxygen atoms in total. The number of halogens is 2. The predicted molar refractivity (Wildman–Crippen MR) is 85.8 cm³/mol. The Morgan fingerprint density at radius 1 is 1.21 bits per heavy atom. The van der Waals surface area contributed by atoms with Crippen molar-refractivity contribution in [3.63, 3.8) is 0 Å². The van der Waals surface area contributed by atoms with Crippen LogP contribution in [0.2, 0.25) is 5.02 Å². The van der Waals surface area contributed by atoms with Gasteiger partial charge in [0.25, 0.3) is 0 Å². The molecule has 0 aromatic heterocycles. The van der Waals surface area contributed by atoms with E-state index in [1.807, 2.05) is 30.3 Å². The molecular weight excluding hydrogens is 375 g/mol. The second-order valence-electron chi connectivity index (χ2n) is 4.24. The lowest BCUT2D eigenvalue weighted by atomic mass is 10.0. The number of hydrogen-bond donors (Lipinski definition) is 1. The highest BCUT2D eigenvalue weighted by atomic mass is 127. The molecule has 0 saturated heterocycles. The fourth-order valence-corrected chi connectivity index (χ4v) is 2.48. The van der Waals surface area contributed by atoms with Crippen LogP contribution in [0.3, 0.4) is 0 Å². The van der Waals surface area contributed by atoms with Crippen LogP contribution in [0.15, 0.2) is 42.5 Å². The van der Waals surface area contributed by atoms with E-state index in [4.69, 9.17) is 16.3 Å². The lowest BCUT2D eigenvalue weighted by Crippen LogP contribution is -2.02. The average molecular weight is 389 g/mol. The van der Waals surface area contributed by atoms with E-state index in [1.54, 1.807) is 19.2 Å². The zero-order chi connectivity index (χ0) is 13.8. The molecule has 19 heavy (non-hydrogen) atoms. The van der Waals surface area contributed by atoms with Crippen molar-refractivity contribution in [2.24, 2.45) is 0 Å². The first-order valence-corrected chi connectivity index (χ1v) is 7.32. The minimum absolute atomic E-state index is 0.515. The van der Waals surface area contributed by atoms with Gasteiger partial charge < -0.3 is 9.84 Å². The maximum absolute atomic E-state index is 10.2. The third kappa shape index (κ3) is 3.84. The van der Waals surface area contributed by atoms with Gasteiger partial charge in [-0.15, -0.1) is 0 Å². The molecule has 100 valence electrons. The number of hydrogen-bond acceptors (Lipinski definition) is 2. The quantitative estimate of drug-likeness (QED) is 0.794. The molecule has 0 saturated carbocycles. The van der Waals surface area contributed by atoms with Crippen LogP contribution >= 0.6 is 34.2 Å². The highest BCUT2D eigenvalue weighted by Gasteiger charge is 2.11. The summed E-state index contributed by atoms with van der Waals surface area (Å²) < 4.78 is 6.28. The van der Waals surface area contributed by atoms with Gasteiger partial charge in [-0.05, 0) is 58.0 Å². The van der Waals surface area contributed by atoms with Gasteiger partial charge in [-0.1, -0.05) is 29.8 Å². The summed E-state index contributed by atoms with van der Waals surface area (Å²) in [7, 11) is 1.57. The molecule has 0 fully saturated rings. The number of methoxy groups -OCH3 is 1. The van der Waals surface area contributed by atoms with Crippen molar-refractivity contribution >= 4 is 34.2 Å². The zero-order valence-corrected chi connectivity index (χ0v) is 13.4. The minimum Gasteiger partial charge on any atom is -0.495 e. The van der Waals surface area contributed by atoms with Crippen LogP contribution in [0.4, 0.5) is 0 Å². The van der Waals surface area contributed by atoms with Crippen molar-refractivity contribution in [1.82, 2.24) is 0 Å². The highest BCUT2D eigenvalue weighted by Crippen LogP contribution is 2.28. The van der Waals surface area contributed by atoms with Crippen molar-refractivity contribution in [3.8, 4) is 5.75 Å². The third-order valence-electron chi connectivity index (χ3n) is 2.90. The van der Waals surface area contributed by atoms with Gasteiger partial charge >= 0.3 is 0 Å². The Kier molecular flexibility index (Phi) is 5.07. The van der Waals surface area contributed by atoms with Gasteiger partial charge in [0.1, 0.15) is 5.75 Å². The van der Waals surface area contributed by atoms with Crippen molar-refractivity contribution in [3.05, 3.63) is 62.2 Å². The molecule has 1 N–H and O–H groups in total. The number of aliphatic hydroxyl groups is 1. The van der Waals surface area contributed by atoms with Crippen LogP contribution in [0, 0.1) is 3.57 Å². The van der Waals surface area contributed by atoms with Gasteiger partial charge in [-0.25, -0.2) is 0 Å². The molecule has 0 radical (unpaired) electrons. The van der Waals surface area contributed by atoms with Crippen LogP contribution in [0.25, 0.3) is 0 Å². The van der Waals surface area contributed by atoms with Crippen LogP contribution in [-0.2, 0) is 6.42 Å². The van der Waals surface area contributed by atoms with Crippen LogP contribution in [0.1, 0.15) is 17.2 Å². The monoisotopic (exact) mass is 388 g/mol. The molecule has 0 bridgehead atoms. The Bertz CT molecular complexity index is 555. The number of rotatable bonds is 4. The molecule has 2 aromatic carbocycles. The Hall–Kier alpha value is -0.780. The van der Waals surface area contributed by atoms with E-state index >= 15 is 0 Å². The van der Waals surface area contributed by atoms with Gasteiger partial charge in [0, 0.05) is 9.99 Å². The molecule has 1 unspecified atom stereocenters. The lowest BCUT2D eigenvalue weighted by molar-refractivity contribution is 0.178. The van der Waals surface area contributed by atoms with Gasteiger partial charge in [-0.2, -0.15) is 0 Å². The van der Waals surface area contributed by atoms with E-state index in [9.17, 15) is 5.11 Å². The second kappa shape index (κ2) is 6.59. The van der Waals surface area contributed by atoms with Crippen LogP contribution in [0.5, 0.6) is 5.75 Å². The lowest BCUT2D eigenvalue weighted by Gasteiger charge is -2.13. The summed E-state index contributed by atoms with van der Waals surface area (Å²) in [5.41, 5.74) is 1.89. The van der Waals surface area contributed by atoms with E-state index in [-0.39, 0.29) is 0 Å². The standard InChI is InChI=1S/C15H14ClIO2/c1-19-15-7-4-11(9-13(15)16)14(18)8-10-2-5-12(17)6-3-10/h2-7,9,14,18H,8H2,1H3. The molecular formula is C15H14ClIO2. The van der Waals surface area contributed by atoms with Crippen LogP contribution < -0.4 is 4.74 Å². The molecule has 0 aliphatic heterocycles. The molecule has 0 heterocycles. The number of benzene rings is 2. The Morgan fingerprint density at radius 3 is 2.47 bits per heavy atom. The van der Waals surface area contributed by atoms with Crippen molar-refractivity contribution in [1.29, 1.82) is 0 Å². The van der Waals surface area contributed by atoms with E-state index in [1.165, 1.54) is 3.57 Å². The molecule has 0 aliphatic rings. The summed E-state index contributed by atoms with van der Waals surface area (Å²) in [6, 6.07) is 13.5. The molecule has 2 rings (SSSR count). The van der Waals surface area contributed by atoms with Crippen molar-refractivity contribution < 1.29 is 9.84 Å². The molecule has 2 aromatic rings. The molecule has 0 aliphatic carbocycles. The normalized spacial score (nSPS) is 12.2. The van der Waals surface area contributed by atoms with Gasteiger partial charge in [0.15, 0.2) is 0 Å². The van der Waals surface area contributed by atoms with E-state index in [0.29, 0.717) is 17.2 Å². The summed E-state index contributed by atoms with van der Waals surface area (Å²) in [5.74, 6) is 0.617. The fraction of sp³-hybridized carbons (Fsp3) is 0.200. The molecule has 0 spiro atoms. The number of aliphatic hydroxyl groups excluding tert-OH is 1. The average Bonchev–Trinajstić information content (AvgIpc) is 2.41. The predicted octanol–water partition coefficient (Wildman–Crippen LogP) is 4.23. The summed E-state index contributed by atoms with van der Waals surface area (Å²) in [6.45, 7) is 0. The van der Waals surface area contributed by atoms with Gasteiger partial charge in [0.2, 0.25) is 0 Å². The first kappa shape index (κ1) is 14.6. The smallest absolute Gasteiger partial charge is 0.137 e. The van der Waals surface area contributed by atoms with E-state index in [0.717, 1.165) is 11.1 Å². The summed E-state index contributed by atoms with van der Waals surface area (Å²) in [6.07, 6.45) is 0.00279. The SMILES string of the molecule is COc1ccc(C(O)Cc2ccc(I)cc2)cc1Cl. The van der Waals surface area contributed by atoms with E-state index in [2.05, 4.69) is 22.6 Å².